The maximum atomic E-state index is 13.2. The molecule has 1 saturated carbocycles. The molecule has 1 aromatic carbocycles. The Morgan fingerprint density at radius 2 is 2.00 bits per heavy atom. The first-order chi connectivity index (χ1) is 9.00. The number of halogens is 2. The minimum absolute atomic E-state index is 0.458. The number of hydrogen-bond donors (Lipinski definition) is 1. The summed E-state index contributed by atoms with van der Waals surface area (Å²) in [7, 11) is 0. The molecule has 0 spiro atoms. The predicted molar refractivity (Wildman–Crippen MR) is 64.9 cm³/mol. The second-order valence-electron chi connectivity index (χ2n) is 5.49. The van der Waals surface area contributed by atoms with Gasteiger partial charge in [-0.25, -0.2) is 13.8 Å². The molecular weight excluding hydrogens is 250 g/mol. The first-order valence-corrected chi connectivity index (χ1v) is 6.22. The lowest BCUT2D eigenvalue weighted by Gasteiger charge is -2.47. The first kappa shape index (κ1) is 11.1. The van der Waals surface area contributed by atoms with E-state index in [4.69, 9.17) is 0 Å². The summed E-state index contributed by atoms with van der Waals surface area (Å²) < 4.78 is 28.2. The number of hydrogen-bond acceptors (Lipinski definition) is 2. The van der Waals surface area contributed by atoms with Gasteiger partial charge in [-0.15, -0.1) is 0 Å². The van der Waals surface area contributed by atoms with Gasteiger partial charge in [-0.2, -0.15) is 0 Å². The molecule has 4 rings (SSSR count). The van der Waals surface area contributed by atoms with Gasteiger partial charge >= 0.3 is 0 Å². The summed E-state index contributed by atoms with van der Waals surface area (Å²) in [6.07, 6.45) is 2.33. The van der Waals surface area contributed by atoms with Crippen LogP contribution in [0.5, 0.6) is 0 Å². The Bertz CT molecular complexity index is 657. The van der Waals surface area contributed by atoms with Gasteiger partial charge in [0.25, 0.3) is 5.92 Å². The van der Waals surface area contributed by atoms with Gasteiger partial charge in [0.05, 0.1) is 24.3 Å². The van der Waals surface area contributed by atoms with E-state index >= 15 is 0 Å². The molecule has 2 heterocycles. The molecule has 1 aliphatic heterocycles. The zero-order valence-electron chi connectivity index (χ0n) is 10.1. The van der Waals surface area contributed by atoms with Crippen LogP contribution in [0.3, 0.4) is 0 Å². The maximum absolute atomic E-state index is 13.2. The van der Waals surface area contributed by atoms with Gasteiger partial charge in [0, 0.05) is 18.4 Å². The number of benzene rings is 1. The standard InChI is InChI=1S/C14H12F2N2O/c15-14(16)6-13(19,7-14)12-10-4-2-1-3-9(10)11-5-17-8-18(11)12/h1-5,8,12,19H,6-7H2/t12-/m1/s1. The molecule has 98 valence electrons. The zero-order chi connectivity index (χ0) is 13.3. The van der Waals surface area contributed by atoms with E-state index in [0.717, 1.165) is 16.8 Å². The van der Waals surface area contributed by atoms with Crippen LogP contribution in [-0.4, -0.2) is 26.2 Å². The lowest BCUT2D eigenvalue weighted by molar-refractivity contribution is -0.217. The molecule has 0 radical (unpaired) electrons. The largest absolute Gasteiger partial charge is 0.387 e. The monoisotopic (exact) mass is 262 g/mol. The third-order valence-electron chi connectivity index (χ3n) is 4.11. The Labute approximate surface area is 108 Å². The normalized spacial score (nSPS) is 25.5. The van der Waals surface area contributed by atoms with Crippen molar-refractivity contribution in [2.24, 2.45) is 0 Å². The molecule has 1 N–H and O–H groups in total. The van der Waals surface area contributed by atoms with Crippen LogP contribution in [0.15, 0.2) is 36.8 Å². The number of imidazole rings is 1. The fourth-order valence-electron chi connectivity index (χ4n) is 3.42. The van der Waals surface area contributed by atoms with Crippen LogP contribution in [0.2, 0.25) is 0 Å². The number of aliphatic hydroxyl groups is 1. The summed E-state index contributed by atoms with van der Waals surface area (Å²) >= 11 is 0. The Kier molecular flexibility index (Phi) is 1.88. The number of aromatic nitrogens is 2. The van der Waals surface area contributed by atoms with Crippen LogP contribution in [0, 0.1) is 0 Å². The third-order valence-corrected chi connectivity index (χ3v) is 4.11. The lowest BCUT2D eigenvalue weighted by atomic mass is 9.70. The average Bonchev–Trinajstić information content (AvgIpc) is 2.84. The van der Waals surface area contributed by atoms with E-state index in [1.165, 1.54) is 0 Å². The smallest absolute Gasteiger partial charge is 0.253 e. The molecule has 1 aromatic heterocycles. The molecule has 1 atom stereocenters. The number of nitrogens with zero attached hydrogens (tertiary/aromatic N) is 2. The van der Waals surface area contributed by atoms with E-state index in [1.54, 1.807) is 17.1 Å². The van der Waals surface area contributed by atoms with E-state index < -0.39 is 30.4 Å². The van der Waals surface area contributed by atoms with Gasteiger partial charge in [-0.05, 0) is 5.56 Å². The van der Waals surface area contributed by atoms with E-state index in [9.17, 15) is 13.9 Å². The van der Waals surface area contributed by atoms with Crippen molar-refractivity contribution < 1.29 is 13.9 Å². The van der Waals surface area contributed by atoms with E-state index in [2.05, 4.69) is 4.98 Å². The molecular formula is C14H12F2N2O. The highest BCUT2D eigenvalue weighted by atomic mass is 19.3. The van der Waals surface area contributed by atoms with Crippen LogP contribution in [0.1, 0.15) is 24.4 Å². The Morgan fingerprint density at radius 1 is 1.26 bits per heavy atom. The van der Waals surface area contributed by atoms with Crippen LogP contribution >= 0.6 is 0 Å². The summed E-state index contributed by atoms with van der Waals surface area (Å²) in [4.78, 5) is 4.07. The number of rotatable bonds is 1. The van der Waals surface area contributed by atoms with Crippen molar-refractivity contribution in [3.05, 3.63) is 42.4 Å². The first-order valence-electron chi connectivity index (χ1n) is 6.22. The summed E-state index contributed by atoms with van der Waals surface area (Å²) in [5, 5.41) is 10.5. The maximum Gasteiger partial charge on any atom is 0.253 e. The molecule has 0 unspecified atom stereocenters. The molecule has 0 saturated heterocycles. The minimum Gasteiger partial charge on any atom is -0.387 e. The molecule has 0 bridgehead atoms. The number of fused-ring (bicyclic) bond motifs is 3. The van der Waals surface area contributed by atoms with E-state index in [-0.39, 0.29) is 0 Å². The summed E-state index contributed by atoms with van der Waals surface area (Å²) in [5.41, 5.74) is 1.36. The van der Waals surface area contributed by atoms with Gasteiger partial charge in [0.15, 0.2) is 0 Å². The molecule has 1 fully saturated rings. The third kappa shape index (κ3) is 1.36. The van der Waals surface area contributed by atoms with Gasteiger partial charge in [0.1, 0.15) is 5.60 Å². The van der Waals surface area contributed by atoms with E-state index in [0.29, 0.717) is 0 Å². The van der Waals surface area contributed by atoms with E-state index in [1.807, 2.05) is 24.3 Å². The summed E-state index contributed by atoms with van der Waals surface area (Å²) in [5.74, 6) is -2.76. The fourth-order valence-corrected chi connectivity index (χ4v) is 3.42. The molecule has 2 aliphatic rings. The summed E-state index contributed by atoms with van der Waals surface area (Å²) in [6.45, 7) is 0. The quantitative estimate of drug-likeness (QED) is 0.857. The van der Waals surface area contributed by atoms with Crippen molar-refractivity contribution in [3.8, 4) is 11.3 Å². The van der Waals surface area contributed by atoms with Crippen molar-refractivity contribution >= 4 is 0 Å². The highest BCUT2D eigenvalue weighted by Gasteiger charge is 2.61. The van der Waals surface area contributed by atoms with Crippen molar-refractivity contribution in [2.45, 2.75) is 30.4 Å². The van der Waals surface area contributed by atoms with Crippen LogP contribution in [0.25, 0.3) is 11.3 Å². The van der Waals surface area contributed by atoms with Crippen molar-refractivity contribution in [1.82, 2.24) is 9.55 Å². The topological polar surface area (TPSA) is 38.1 Å². The lowest BCUT2D eigenvalue weighted by Crippen LogP contribution is -2.56. The second-order valence-corrected chi connectivity index (χ2v) is 5.49. The highest BCUT2D eigenvalue weighted by molar-refractivity contribution is 5.69. The van der Waals surface area contributed by atoms with Crippen molar-refractivity contribution in [3.63, 3.8) is 0 Å². The number of alkyl halides is 2. The molecule has 5 heteroatoms. The Hall–Kier alpha value is -1.75. The Balaban J connectivity index is 1.86. The van der Waals surface area contributed by atoms with Crippen molar-refractivity contribution in [2.75, 3.05) is 0 Å². The minimum atomic E-state index is -2.76. The van der Waals surface area contributed by atoms with Crippen LogP contribution in [-0.2, 0) is 0 Å². The van der Waals surface area contributed by atoms with Crippen LogP contribution < -0.4 is 0 Å². The van der Waals surface area contributed by atoms with Gasteiger partial charge < -0.3 is 9.67 Å². The van der Waals surface area contributed by atoms with Crippen molar-refractivity contribution in [1.29, 1.82) is 0 Å². The second kappa shape index (κ2) is 3.22. The summed E-state index contributed by atoms with van der Waals surface area (Å²) in [6, 6.07) is 7.13. The highest BCUT2D eigenvalue weighted by Crippen LogP contribution is 2.56. The average molecular weight is 262 g/mol. The SMILES string of the molecule is OC1([C@H]2c3ccccc3-c3cncn32)CC(F)(F)C1. The molecule has 0 amide bonds. The Morgan fingerprint density at radius 3 is 2.74 bits per heavy atom. The predicted octanol–water partition coefficient (Wildman–Crippen LogP) is 2.61. The van der Waals surface area contributed by atoms with Gasteiger partial charge in [-0.3, -0.25) is 0 Å². The zero-order valence-corrected chi connectivity index (χ0v) is 10.1. The van der Waals surface area contributed by atoms with Gasteiger partial charge in [-0.1, -0.05) is 24.3 Å². The molecule has 2 aromatic rings. The fraction of sp³-hybridized carbons (Fsp3) is 0.357. The molecule has 3 nitrogen and oxygen atoms in total. The molecule has 19 heavy (non-hydrogen) atoms. The van der Waals surface area contributed by atoms with Crippen LogP contribution in [0.4, 0.5) is 8.78 Å². The molecule has 1 aliphatic carbocycles. The van der Waals surface area contributed by atoms with Gasteiger partial charge in [0.2, 0.25) is 0 Å².